The normalized spacial score (nSPS) is 10.8. The van der Waals surface area contributed by atoms with Gasteiger partial charge >= 0.3 is 5.69 Å². The largest absolute Gasteiger partial charge is 0.382 e. The molecule has 12 heavy (non-hydrogen) atoms. The quantitative estimate of drug-likeness (QED) is 0.536. The Labute approximate surface area is 67.1 Å². The second-order valence-corrected chi connectivity index (χ2v) is 2.46. The molecule has 0 radical (unpaired) electrons. The molecule has 0 aliphatic rings. The fourth-order valence-corrected chi connectivity index (χ4v) is 0.996. The van der Waals surface area contributed by atoms with Crippen molar-refractivity contribution in [3.05, 3.63) is 16.7 Å². The van der Waals surface area contributed by atoms with Crippen molar-refractivity contribution in [1.29, 1.82) is 0 Å². The summed E-state index contributed by atoms with van der Waals surface area (Å²) in [7, 11) is 1.61. The molecule has 2 rings (SSSR count). The molecule has 0 saturated heterocycles. The van der Waals surface area contributed by atoms with Crippen molar-refractivity contribution in [2.75, 3.05) is 5.73 Å². The standard InChI is InChI=1S/C6H7N5O/c1-11-5-4(10-6(11)12)8-2-3(7)9-5/h2H,1H3,(H2,7,9)(H,8,10,12). The molecular weight excluding hydrogens is 158 g/mol. The summed E-state index contributed by atoms with van der Waals surface area (Å²) >= 11 is 0. The van der Waals surface area contributed by atoms with Crippen LogP contribution in [0.3, 0.4) is 0 Å². The number of hydrogen-bond donors (Lipinski definition) is 2. The Balaban J connectivity index is 2.98. The summed E-state index contributed by atoms with van der Waals surface area (Å²) in [6.07, 6.45) is 1.40. The molecule has 0 amide bonds. The maximum Gasteiger partial charge on any atom is 0.328 e. The monoisotopic (exact) mass is 165 g/mol. The van der Waals surface area contributed by atoms with E-state index in [2.05, 4.69) is 15.0 Å². The van der Waals surface area contributed by atoms with Crippen LogP contribution >= 0.6 is 0 Å². The van der Waals surface area contributed by atoms with Crippen molar-refractivity contribution < 1.29 is 0 Å². The Morgan fingerprint density at radius 3 is 3.17 bits per heavy atom. The molecule has 0 aliphatic heterocycles. The predicted molar refractivity (Wildman–Crippen MR) is 43.5 cm³/mol. The van der Waals surface area contributed by atoms with E-state index in [0.717, 1.165) is 0 Å². The van der Waals surface area contributed by atoms with E-state index in [-0.39, 0.29) is 5.69 Å². The predicted octanol–water partition coefficient (Wildman–Crippen LogP) is -0.761. The minimum atomic E-state index is -0.240. The van der Waals surface area contributed by atoms with E-state index < -0.39 is 0 Å². The molecule has 0 aromatic carbocycles. The third-order valence-corrected chi connectivity index (χ3v) is 1.62. The fourth-order valence-electron chi connectivity index (χ4n) is 0.996. The molecule has 2 heterocycles. The van der Waals surface area contributed by atoms with E-state index in [9.17, 15) is 4.79 Å². The number of aromatic nitrogens is 4. The van der Waals surface area contributed by atoms with Gasteiger partial charge in [-0.15, -0.1) is 0 Å². The molecule has 2 aromatic rings. The number of fused-ring (bicyclic) bond motifs is 1. The van der Waals surface area contributed by atoms with Crippen molar-refractivity contribution in [3.63, 3.8) is 0 Å². The van der Waals surface area contributed by atoms with E-state index in [1.165, 1.54) is 10.8 Å². The highest BCUT2D eigenvalue weighted by atomic mass is 16.1. The molecule has 0 bridgehead atoms. The Kier molecular flexibility index (Phi) is 1.18. The van der Waals surface area contributed by atoms with Crippen LogP contribution in [0.4, 0.5) is 5.82 Å². The SMILES string of the molecule is Cn1c(=O)[nH]c2ncc(N)nc21. The third-order valence-electron chi connectivity index (χ3n) is 1.62. The van der Waals surface area contributed by atoms with Crippen molar-refractivity contribution >= 4 is 17.1 Å². The van der Waals surface area contributed by atoms with Crippen LogP contribution < -0.4 is 11.4 Å². The molecule has 62 valence electrons. The second-order valence-electron chi connectivity index (χ2n) is 2.46. The Morgan fingerprint density at radius 1 is 1.67 bits per heavy atom. The van der Waals surface area contributed by atoms with E-state index in [0.29, 0.717) is 17.1 Å². The van der Waals surface area contributed by atoms with E-state index in [4.69, 9.17) is 5.73 Å². The van der Waals surface area contributed by atoms with Crippen LogP contribution in [0.1, 0.15) is 0 Å². The molecular formula is C6H7N5O. The number of nitrogen functional groups attached to an aromatic ring is 1. The van der Waals surface area contributed by atoms with Gasteiger partial charge in [-0.2, -0.15) is 0 Å². The number of nitrogens with one attached hydrogen (secondary N) is 1. The van der Waals surface area contributed by atoms with Gasteiger partial charge < -0.3 is 5.73 Å². The number of H-pyrrole nitrogens is 1. The first-order valence-electron chi connectivity index (χ1n) is 3.35. The van der Waals surface area contributed by atoms with Gasteiger partial charge in [-0.3, -0.25) is 9.55 Å². The molecule has 0 spiro atoms. The molecule has 2 aromatic heterocycles. The maximum atomic E-state index is 11.0. The number of imidazole rings is 1. The lowest BCUT2D eigenvalue weighted by Gasteiger charge is -1.92. The molecule has 3 N–H and O–H groups in total. The number of nitrogens with two attached hydrogens (primary N) is 1. The average molecular weight is 165 g/mol. The van der Waals surface area contributed by atoms with Crippen LogP contribution in [-0.2, 0) is 7.05 Å². The summed E-state index contributed by atoms with van der Waals surface area (Å²) in [6.45, 7) is 0. The number of hydrogen-bond acceptors (Lipinski definition) is 4. The summed E-state index contributed by atoms with van der Waals surface area (Å²) in [5, 5.41) is 0. The van der Waals surface area contributed by atoms with Crippen LogP contribution in [-0.4, -0.2) is 19.5 Å². The zero-order chi connectivity index (χ0) is 8.72. The van der Waals surface area contributed by atoms with Gasteiger partial charge in [0.25, 0.3) is 0 Å². The summed E-state index contributed by atoms with van der Waals surface area (Å²) in [5.41, 5.74) is 6.09. The van der Waals surface area contributed by atoms with Gasteiger partial charge in [-0.25, -0.2) is 14.8 Å². The van der Waals surface area contributed by atoms with E-state index in [1.807, 2.05) is 0 Å². The summed E-state index contributed by atoms with van der Waals surface area (Å²) in [4.78, 5) is 21.4. The fraction of sp³-hybridized carbons (Fsp3) is 0.167. The lowest BCUT2D eigenvalue weighted by atomic mass is 10.6. The van der Waals surface area contributed by atoms with Gasteiger partial charge in [0.2, 0.25) is 0 Å². The number of rotatable bonds is 0. The highest BCUT2D eigenvalue weighted by Gasteiger charge is 2.04. The van der Waals surface area contributed by atoms with Crippen LogP contribution in [0.15, 0.2) is 11.0 Å². The first-order chi connectivity index (χ1) is 5.68. The third kappa shape index (κ3) is 0.777. The van der Waals surface area contributed by atoms with Gasteiger partial charge in [0, 0.05) is 7.05 Å². The molecule has 0 atom stereocenters. The maximum absolute atomic E-state index is 11.0. The zero-order valence-corrected chi connectivity index (χ0v) is 6.40. The molecule has 0 unspecified atom stereocenters. The van der Waals surface area contributed by atoms with E-state index >= 15 is 0 Å². The Bertz CT molecular complexity index is 482. The smallest absolute Gasteiger partial charge is 0.328 e. The minimum absolute atomic E-state index is 0.240. The number of anilines is 1. The van der Waals surface area contributed by atoms with Gasteiger partial charge in [0.05, 0.1) is 6.20 Å². The average Bonchev–Trinajstić information content (AvgIpc) is 2.31. The number of aryl methyl sites for hydroxylation is 1. The van der Waals surface area contributed by atoms with Crippen LogP contribution in [0.25, 0.3) is 11.3 Å². The summed E-state index contributed by atoms with van der Waals surface area (Å²) < 4.78 is 1.36. The Hall–Kier alpha value is -1.85. The topological polar surface area (TPSA) is 89.6 Å². The van der Waals surface area contributed by atoms with Crippen LogP contribution in [0.5, 0.6) is 0 Å². The van der Waals surface area contributed by atoms with Gasteiger partial charge in [0.15, 0.2) is 11.3 Å². The van der Waals surface area contributed by atoms with Crippen LogP contribution in [0, 0.1) is 0 Å². The molecule has 0 aliphatic carbocycles. The highest BCUT2D eigenvalue weighted by molar-refractivity contribution is 5.66. The number of aromatic amines is 1. The second kappa shape index (κ2) is 2.07. The first kappa shape index (κ1) is 6.84. The number of nitrogens with zero attached hydrogens (tertiary/aromatic N) is 3. The van der Waals surface area contributed by atoms with E-state index in [1.54, 1.807) is 7.05 Å². The minimum Gasteiger partial charge on any atom is -0.382 e. The van der Waals surface area contributed by atoms with Gasteiger partial charge in [0.1, 0.15) is 5.82 Å². The molecule has 6 nitrogen and oxygen atoms in total. The van der Waals surface area contributed by atoms with Crippen molar-refractivity contribution in [2.24, 2.45) is 7.05 Å². The van der Waals surface area contributed by atoms with Gasteiger partial charge in [-0.1, -0.05) is 0 Å². The first-order valence-corrected chi connectivity index (χ1v) is 3.35. The highest BCUT2D eigenvalue weighted by Crippen LogP contribution is 2.03. The molecule has 0 fully saturated rings. The lowest BCUT2D eigenvalue weighted by Crippen LogP contribution is -2.12. The zero-order valence-electron chi connectivity index (χ0n) is 6.40. The molecule has 0 saturated carbocycles. The van der Waals surface area contributed by atoms with Gasteiger partial charge in [-0.05, 0) is 0 Å². The lowest BCUT2D eigenvalue weighted by molar-refractivity contribution is 0.879. The van der Waals surface area contributed by atoms with Crippen LogP contribution in [0.2, 0.25) is 0 Å². The summed E-state index contributed by atoms with van der Waals surface area (Å²) in [5.74, 6) is 0.303. The summed E-state index contributed by atoms with van der Waals surface area (Å²) in [6, 6.07) is 0. The van der Waals surface area contributed by atoms with Crippen molar-refractivity contribution in [3.8, 4) is 0 Å². The van der Waals surface area contributed by atoms with Crippen molar-refractivity contribution in [1.82, 2.24) is 19.5 Å². The molecule has 6 heteroatoms. The van der Waals surface area contributed by atoms with Crippen molar-refractivity contribution in [2.45, 2.75) is 0 Å². The Morgan fingerprint density at radius 2 is 2.42 bits per heavy atom.